The number of anilines is 1. The fraction of sp³-hybridized carbons (Fsp3) is 0.217. The largest absolute Gasteiger partial charge is 0.497 e. The molecule has 12 heteroatoms. The van der Waals surface area contributed by atoms with Crippen LogP contribution in [0.4, 0.5) is 5.82 Å². The van der Waals surface area contributed by atoms with Crippen molar-refractivity contribution in [2.45, 2.75) is 19.8 Å². The zero-order valence-corrected chi connectivity index (χ0v) is 19.4. The second kappa shape index (κ2) is 10.5. The van der Waals surface area contributed by atoms with Gasteiger partial charge < -0.3 is 15.2 Å². The fourth-order valence-electron chi connectivity index (χ4n) is 3.32. The number of ether oxygens (including phenoxy) is 2. The normalized spacial score (nSPS) is 11.3. The van der Waals surface area contributed by atoms with Crippen molar-refractivity contribution < 1.29 is 18.9 Å². The van der Waals surface area contributed by atoms with Crippen LogP contribution in [0.5, 0.6) is 11.5 Å². The Bertz CT molecular complexity index is 1340. The summed E-state index contributed by atoms with van der Waals surface area (Å²) in [5, 5.41) is 19.7. The average Bonchev–Trinajstić information content (AvgIpc) is 3.52. The number of amides is 1. The molecule has 0 aliphatic rings. The van der Waals surface area contributed by atoms with Crippen molar-refractivity contribution in [1.29, 1.82) is 0 Å². The number of methoxy groups -OCH3 is 2. The van der Waals surface area contributed by atoms with Crippen LogP contribution in [0.25, 0.3) is 17.1 Å². The van der Waals surface area contributed by atoms with Gasteiger partial charge in [-0.3, -0.25) is 4.79 Å². The van der Waals surface area contributed by atoms with Crippen LogP contribution in [0.1, 0.15) is 29.4 Å². The van der Waals surface area contributed by atoms with Crippen molar-refractivity contribution in [1.82, 2.24) is 30.7 Å². The molecule has 3 N–H and O–H groups in total. The number of nitrogens with zero attached hydrogens (tertiary/aromatic N) is 6. The minimum absolute atomic E-state index is 0.00148. The molecule has 0 atom stereocenters. The molecule has 12 nitrogen and oxygen atoms in total. The van der Waals surface area contributed by atoms with Gasteiger partial charge in [0.15, 0.2) is 5.69 Å². The van der Waals surface area contributed by atoms with Crippen LogP contribution in [0, 0.1) is 0 Å². The summed E-state index contributed by atoms with van der Waals surface area (Å²) < 4.78 is 16.5. The Kier molecular flexibility index (Phi) is 7.00. The minimum Gasteiger partial charge on any atom is -0.497 e. The van der Waals surface area contributed by atoms with Gasteiger partial charge in [0.1, 0.15) is 17.2 Å². The van der Waals surface area contributed by atoms with Gasteiger partial charge in [-0.2, -0.15) is 9.78 Å². The van der Waals surface area contributed by atoms with E-state index < -0.39 is 5.91 Å². The number of aryl methyl sites for hydroxylation is 1. The third-order valence-electron chi connectivity index (χ3n) is 5.21. The molecule has 1 amide bonds. The van der Waals surface area contributed by atoms with Gasteiger partial charge in [-0.05, 0) is 59.9 Å². The fourth-order valence-corrected chi connectivity index (χ4v) is 3.32. The van der Waals surface area contributed by atoms with Gasteiger partial charge in [0.2, 0.25) is 11.6 Å². The number of benzene rings is 2. The van der Waals surface area contributed by atoms with E-state index in [2.05, 4.69) is 31.2 Å². The SMILES string of the molecule is COc1ccc(CC/C(C)=N/NC(=O)c2nnn(-c3nonc3N)c2-c2cccc(OC)c2)cc1. The van der Waals surface area contributed by atoms with Crippen LogP contribution in [0.15, 0.2) is 58.3 Å². The lowest BCUT2D eigenvalue weighted by Crippen LogP contribution is -2.20. The van der Waals surface area contributed by atoms with Crippen LogP contribution in [-0.2, 0) is 6.42 Å². The van der Waals surface area contributed by atoms with Gasteiger partial charge in [-0.1, -0.05) is 29.5 Å². The molecule has 0 saturated carbocycles. The number of hydrogen-bond donors (Lipinski definition) is 2. The highest BCUT2D eigenvalue weighted by molar-refractivity contribution is 5.99. The van der Waals surface area contributed by atoms with Crippen LogP contribution in [0.3, 0.4) is 0 Å². The average molecular weight is 476 g/mol. The molecule has 4 rings (SSSR count). The molecule has 35 heavy (non-hydrogen) atoms. The minimum atomic E-state index is -0.548. The molecule has 0 spiro atoms. The third kappa shape index (κ3) is 5.27. The van der Waals surface area contributed by atoms with Crippen LogP contribution in [0.2, 0.25) is 0 Å². The number of nitrogen functional groups attached to an aromatic ring is 1. The second-order valence-corrected chi connectivity index (χ2v) is 7.54. The first-order valence-corrected chi connectivity index (χ1v) is 10.6. The van der Waals surface area contributed by atoms with Crippen molar-refractivity contribution in [2.24, 2.45) is 5.10 Å². The summed E-state index contributed by atoms with van der Waals surface area (Å²) in [6.45, 7) is 1.84. The van der Waals surface area contributed by atoms with Crippen molar-refractivity contribution in [3.8, 4) is 28.6 Å². The lowest BCUT2D eigenvalue weighted by atomic mass is 10.1. The molecule has 0 aliphatic heterocycles. The summed E-state index contributed by atoms with van der Waals surface area (Å²) in [4.78, 5) is 13.0. The first-order valence-electron chi connectivity index (χ1n) is 10.6. The first kappa shape index (κ1) is 23.4. The first-order chi connectivity index (χ1) is 17.0. The van der Waals surface area contributed by atoms with Crippen LogP contribution in [-0.4, -0.2) is 51.1 Å². The number of carbonyl (C=O) groups excluding carboxylic acids is 1. The topological polar surface area (TPSA) is 156 Å². The number of nitrogens with two attached hydrogens (primary N) is 1. The third-order valence-corrected chi connectivity index (χ3v) is 5.21. The monoisotopic (exact) mass is 476 g/mol. The van der Waals surface area contributed by atoms with Gasteiger partial charge in [-0.25, -0.2) is 10.1 Å². The lowest BCUT2D eigenvalue weighted by molar-refractivity contribution is 0.0950. The quantitative estimate of drug-likeness (QED) is 0.274. The molecule has 4 aromatic rings. The molecule has 2 aromatic heterocycles. The van der Waals surface area contributed by atoms with Gasteiger partial charge in [-0.15, -0.1) is 5.10 Å². The van der Waals surface area contributed by atoms with Crippen molar-refractivity contribution in [3.05, 3.63) is 59.8 Å². The maximum atomic E-state index is 13.0. The van der Waals surface area contributed by atoms with Crippen LogP contribution < -0.4 is 20.6 Å². The number of aromatic nitrogens is 5. The lowest BCUT2D eigenvalue weighted by Gasteiger charge is -2.08. The summed E-state index contributed by atoms with van der Waals surface area (Å²) >= 11 is 0. The van der Waals surface area contributed by atoms with E-state index in [-0.39, 0.29) is 17.3 Å². The van der Waals surface area contributed by atoms with Gasteiger partial charge >= 0.3 is 0 Å². The Morgan fingerprint density at radius 2 is 1.89 bits per heavy atom. The molecule has 0 radical (unpaired) electrons. The molecule has 2 heterocycles. The van der Waals surface area contributed by atoms with Gasteiger partial charge in [0.25, 0.3) is 5.91 Å². The Balaban J connectivity index is 1.56. The number of carbonyl (C=O) groups is 1. The molecule has 0 bridgehead atoms. The molecule has 2 aromatic carbocycles. The Morgan fingerprint density at radius 1 is 1.11 bits per heavy atom. The van der Waals surface area contributed by atoms with E-state index in [1.165, 1.54) is 4.68 Å². The smallest absolute Gasteiger partial charge is 0.294 e. The highest BCUT2D eigenvalue weighted by atomic mass is 16.6. The molecule has 0 fully saturated rings. The summed E-state index contributed by atoms with van der Waals surface area (Å²) in [5.41, 5.74) is 11.2. The van der Waals surface area contributed by atoms with Crippen molar-refractivity contribution in [3.63, 3.8) is 0 Å². The number of rotatable bonds is 9. The number of hydrogen-bond acceptors (Lipinski definition) is 10. The maximum Gasteiger partial charge on any atom is 0.294 e. The van der Waals surface area contributed by atoms with E-state index >= 15 is 0 Å². The van der Waals surface area contributed by atoms with Crippen LogP contribution >= 0.6 is 0 Å². The standard InChI is InChI=1S/C23H24N8O4/c1-14(7-8-15-9-11-17(33-2)12-10-15)25-27-23(32)19-20(16-5-4-6-18(13-16)34-3)31(30-26-19)22-21(24)28-35-29-22/h4-6,9-13H,7-8H2,1-3H3,(H2,24,28)(H,27,32)/b25-14+. The summed E-state index contributed by atoms with van der Waals surface area (Å²) in [5.74, 6) is 0.939. The van der Waals surface area contributed by atoms with Gasteiger partial charge in [0.05, 0.1) is 14.2 Å². The summed E-state index contributed by atoms with van der Waals surface area (Å²) in [6.07, 6.45) is 1.42. The molecule has 0 saturated heterocycles. The predicted octanol–water partition coefficient (Wildman–Crippen LogP) is 2.66. The van der Waals surface area contributed by atoms with E-state index in [9.17, 15) is 4.79 Å². The van der Waals surface area contributed by atoms with Gasteiger partial charge in [0, 0.05) is 11.3 Å². The number of hydrazone groups is 1. The van der Waals surface area contributed by atoms with E-state index in [1.807, 2.05) is 31.2 Å². The van der Waals surface area contributed by atoms with E-state index in [0.717, 1.165) is 23.4 Å². The summed E-state index contributed by atoms with van der Waals surface area (Å²) in [7, 11) is 3.18. The molecule has 0 unspecified atom stereocenters. The summed E-state index contributed by atoms with van der Waals surface area (Å²) in [6, 6.07) is 14.9. The Hall–Kier alpha value is -4.74. The predicted molar refractivity (Wildman–Crippen MR) is 128 cm³/mol. The second-order valence-electron chi connectivity index (χ2n) is 7.54. The molecule has 180 valence electrons. The maximum absolute atomic E-state index is 13.0. The van der Waals surface area contributed by atoms with E-state index in [1.54, 1.807) is 38.5 Å². The van der Waals surface area contributed by atoms with E-state index in [0.29, 0.717) is 23.4 Å². The highest BCUT2D eigenvalue weighted by Gasteiger charge is 2.25. The Morgan fingerprint density at radius 3 is 2.57 bits per heavy atom. The zero-order valence-electron chi connectivity index (χ0n) is 19.4. The van der Waals surface area contributed by atoms with E-state index in [4.69, 9.17) is 19.8 Å². The molecule has 0 aliphatic carbocycles. The number of nitrogens with one attached hydrogen (secondary N) is 1. The highest BCUT2D eigenvalue weighted by Crippen LogP contribution is 2.29. The molecular formula is C23H24N8O4. The zero-order chi connectivity index (χ0) is 24.8. The van der Waals surface area contributed by atoms with Crippen molar-refractivity contribution in [2.75, 3.05) is 20.0 Å². The molecular weight excluding hydrogens is 452 g/mol. The Labute approximate surface area is 200 Å². The van der Waals surface area contributed by atoms with Crippen molar-refractivity contribution >= 4 is 17.4 Å².